The van der Waals surface area contributed by atoms with E-state index in [-0.39, 0.29) is 23.9 Å². The van der Waals surface area contributed by atoms with Crippen LogP contribution in [0.4, 0.5) is 21.5 Å². The Morgan fingerprint density at radius 1 is 1.00 bits per heavy atom. The van der Waals surface area contributed by atoms with E-state index in [4.69, 9.17) is 0 Å². The van der Waals surface area contributed by atoms with Gasteiger partial charge < -0.3 is 10.6 Å². The number of amides is 3. The van der Waals surface area contributed by atoms with E-state index < -0.39 is 11.7 Å². The molecule has 1 heterocycles. The van der Waals surface area contributed by atoms with Crippen LogP contribution in [0.3, 0.4) is 0 Å². The minimum atomic E-state index is -0.527. The number of carbonyl (C=O) groups is 3. The van der Waals surface area contributed by atoms with Crippen molar-refractivity contribution in [3.63, 3.8) is 0 Å². The molecule has 3 amide bonds. The van der Waals surface area contributed by atoms with Gasteiger partial charge in [0.15, 0.2) is 0 Å². The maximum absolute atomic E-state index is 13.5. The molecule has 150 valence electrons. The smallest absolute Gasteiger partial charge is 0.258 e. The van der Waals surface area contributed by atoms with Gasteiger partial charge in [-0.1, -0.05) is 28.1 Å². The monoisotopic (exact) mass is 467 g/mol. The highest BCUT2D eigenvalue weighted by Crippen LogP contribution is 2.30. The lowest BCUT2D eigenvalue weighted by molar-refractivity contribution is -0.115. The number of benzene rings is 3. The van der Waals surface area contributed by atoms with Crippen molar-refractivity contribution in [2.75, 3.05) is 22.1 Å². The van der Waals surface area contributed by atoms with Crippen molar-refractivity contribution in [3.05, 3.63) is 88.1 Å². The Bertz CT molecular complexity index is 1140. The van der Waals surface area contributed by atoms with Crippen LogP contribution in [0.1, 0.15) is 20.7 Å². The summed E-state index contributed by atoms with van der Waals surface area (Å²) in [5.74, 6) is -1.60. The number of anilines is 3. The summed E-state index contributed by atoms with van der Waals surface area (Å²) < 4.78 is 14.0. The second kappa shape index (κ2) is 8.08. The number of hydrogen-bond donors (Lipinski definition) is 2. The first kappa shape index (κ1) is 19.8. The van der Waals surface area contributed by atoms with Gasteiger partial charge in [-0.15, -0.1) is 0 Å². The van der Waals surface area contributed by atoms with Gasteiger partial charge in [0, 0.05) is 21.3 Å². The average molecular weight is 468 g/mol. The van der Waals surface area contributed by atoms with E-state index in [0.717, 1.165) is 6.07 Å². The van der Waals surface area contributed by atoms with Crippen LogP contribution in [0.5, 0.6) is 0 Å². The fourth-order valence-corrected chi connectivity index (χ4v) is 3.62. The molecule has 6 nitrogen and oxygen atoms in total. The zero-order chi connectivity index (χ0) is 21.3. The van der Waals surface area contributed by atoms with Gasteiger partial charge in [0.25, 0.3) is 11.8 Å². The largest absolute Gasteiger partial charge is 0.323 e. The van der Waals surface area contributed by atoms with Crippen molar-refractivity contribution in [2.24, 2.45) is 0 Å². The van der Waals surface area contributed by atoms with Crippen molar-refractivity contribution in [1.29, 1.82) is 0 Å². The average Bonchev–Trinajstić information content (AvgIpc) is 2.72. The lowest BCUT2D eigenvalue weighted by atomic mass is 10.1. The lowest BCUT2D eigenvalue weighted by Gasteiger charge is -2.29. The SMILES string of the molecule is O=C1CN(C(=O)c2ccc(NC(=O)c3cc(F)cc(Br)c3)cc2)c2ccccc2N1. The Kier molecular flexibility index (Phi) is 5.33. The van der Waals surface area contributed by atoms with Gasteiger partial charge in [-0.2, -0.15) is 0 Å². The van der Waals surface area contributed by atoms with Gasteiger partial charge in [0.2, 0.25) is 5.91 Å². The van der Waals surface area contributed by atoms with Gasteiger partial charge in [0.1, 0.15) is 12.4 Å². The summed E-state index contributed by atoms with van der Waals surface area (Å²) in [5, 5.41) is 5.41. The van der Waals surface area contributed by atoms with Crippen LogP contribution in [0, 0.1) is 5.82 Å². The van der Waals surface area contributed by atoms with Gasteiger partial charge in [-0.25, -0.2) is 4.39 Å². The third-order valence-corrected chi connectivity index (χ3v) is 4.99. The molecule has 4 rings (SSSR count). The van der Waals surface area contributed by atoms with Crippen LogP contribution in [-0.4, -0.2) is 24.3 Å². The molecule has 0 bridgehead atoms. The van der Waals surface area contributed by atoms with E-state index in [2.05, 4.69) is 26.6 Å². The molecule has 3 aromatic carbocycles. The standard InChI is InChI=1S/C22H15BrFN3O3/c23-15-9-14(10-16(24)11-15)21(29)25-17-7-5-13(6-8-17)22(30)27-12-20(28)26-18-3-1-2-4-19(18)27/h1-11H,12H2,(H,25,29)(H,26,28). The highest BCUT2D eigenvalue weighted by atomic mass is 79.9. The summed E-state index contributed by atoms with van der Waals surface area (Å²) >= 11 is 3.16. The maximum Gasteiger partial charge on any atom is 0.258 e. The molecule has 1 aliphatic heterocycles. The summed E-state index contributed by atoms with van der Waals surface area (Å²) in [6.07, 6.45) is 0. The zero-order valence-corrected chi connectivity index (χ0v) is 17.1. The molecule has 0 aromatic heterocycles. The number of fused-ring (bicyclic) bond motifs is 1. The summed E-state index contributed by atoms with van der Waals surface area (Å²) in [6.45, 7) is -0.0806. The minimum absolute atomic E-state index is 0.0806. The molecule has 0 atom stereocenters. The summed E-state index contributed by atoms with van der Waals surface area (Å²) in [5.41, 5.74) is 2.18. The van der Waals surface area contributed by atoms with Crippen molar-refractivity contribution in [2.45, 2.75) is 0 Å². The Labute approximate surface area is 179 Å². The van der Waals surface area contributed by atoms with Crippen LogP contribution in [0.15, 0.2) is 71.2 Å². The summed E-state index contributed by atoms with van der Waals surface area (Å²) in [4.78, 5) is 38.6. The van der Waals surface area contributed by atoms with E-state index in [1.165, 1.54) is 17.0 Å². The number of nitrogens with zero attached hydrogens (tertiary/aromatic N) is 1. The molecule has 2 N–H and O–H groups in total. The number of rotatable bonds is 3. The Hall–Kier alpha value is -3.52. The van der Waals surface area contributed by atoms with E-state index in [9.17, 15) is 18.8 Å². The molecule has 30 heavy (non-hydrogen) atoms. The Balaban J connectivity index is 1.52. The Morgan fingerprint density at radius 2 is 1.73 bits per heavy atom. The van der Waals surface area contributed by atoms with E-state index >= 15 is 0 Å². The van der Waals surface area contributed by atoms with Gasteiger partial charge in [-0.05, 0) is 54.6 Å². The quantitative estimate of drug-likeness (QED) is 0.597. The number of para-hydroxylation sites is 2. The minimum Gasteiger partial charge on any atom is -0.323 e. The molecule has 8 heteroatoms. The third-order valence-electron chi connectivity index (χ3n) is 4.53. The lowest BCUT2D eigenvalue weighted by Crippen LogP contribution is -2.42. The molecule has 0 aliphatic carbocycles. The van der Waals surface area contributed by atoms with Crippen molar-refractivity contribution in [3.8, 4) is 0 Å². The first-order valence-electron chi connectivity index (χ1n) is 8.99. The molecule has 0 spiro atoms. The van der Waals surface area contributed by atoms with Crippen LogP contribution in [0.2, 0.25) is 0 Å². The normalized spacial score (nSPS) is 12.7. The number of hydrogen-bond acceptors (Lipinski definition) is 3. The molecule has 0 saturated carbocycles. The van der Waals surface area contributed by atoms with Crippen LogP contribution in [-0.2, 0) is 4.79 Å². The second-order valence-electron chi connectivity index (χ2n) is 6.65. The van der Waals surface area contributed by atoms with E-state index in [1.807, 2.05) is 0 Å². The molecule has 3 aromatic rings. The van der Waals surface area contributed by atoms with Crippen molar-refractivity contribution in [1.82, 2.24) is 0 Å². The molecule has 1 aliphatic rings. The molecule has 0 unspecified atom stereocenters. The van der Waals surface area contributed by atoms with Gasteiger partial charge >= 0.3 is 0 Å². The third kappa shape index (κ3) is 4.08. The molecular formula is C22H15BrFN3O3. The van der Waals surface area contributed by atoms with Crippen molar-refractivity contribution >= 4 is 50.7 Å². The van der Waals surface area contributed by atoms with E-state index in [0.29, 0.717) is 27.1 Å². The predicted molar refractivity (Wildman–Crippen MR) is 115 cm³/mol. The first-order valence-corrected chi connectivity index (χ1v) is 9.78. The highest BCUT2D eigenvalue weighted by molar-refractivity contribution is 9.10. The molecular weight excluding hydrogens is 453 g/mol. The predicted octanol–water partition coefficient (Wildman–Crippen LogP) is 4.44. The first-order chi connectivity index (χ1) is 14.4. The summed E-state index contributed by atoms with van der Waals surface area (Å²) in [6, 6.07) is 17.3. The van der Waals surface area contributed by atoms with Crippen LogP contribution < -0.4 is 15.5 Å². The van der Waals surface area contributed by atoms with Gasteiger partial charge in [-0.3, -0.25) is 19.3 Å². The number of halogens is 2. The van der Waals surface area contributed by atoms with Crippen LogP contribution in [0.25, 0.3) is 0 Å². The van der Waals surface area contributed by atoms with Gasteiger partial charge in [0.05, 0.1) is 11.4 Å². The van der Waals surface area contributed by atoms with E-state index in [1.54, 1.807) is 48.5 Å². The molecule has 0 fully saturated rings. The zero-order valence-electron chi connectivity index (χ0n) is 15.5. The second-order valence-corrected chi connectivity index (χ2v) is 7.56. The number of carbonyl (C=O) groups excluding carboxylic acids is 3. The molecule has 0 radical (unpaired) electrons. The maximum atomic E-state index is 13.5. The Morgan fingerprint density at radius 3 is 2.47 bits per heavy atom. The van der Waals surface area contributed by atoms with Crippen molar-refractivity contribution < 1.29 is 18.8 Å². The molecule has 0 saturated heterocycles. The fourth-order valence-electron chi connectivity index (χ4n) is 3.15. The summed E-state index contributed by atoms with van der Waals surface area (Å²) in [7, 11) is 0. The fraction of sp³-hybridized carbons (Fsp3) is 0.0455. The topological polar surface area (TPSA) is 78.5 Å². The van der Waals surface area contributed by atoms with Crippen LogP contribution >= 0.6 is 15.9 Å². The highest BCUT2D eigenvalue weighted by Gasteiger charge is 2.27. The number of nitrogens with one attached hydrogen (secondary N) is 2.